The molecule has 1 amide bonds. The van der Waals surface area contributed by atoms with E-state index >= 15 is 0 Å². The molecule has 1 N–H and O–H groups in total. The van der Waals surface area contributed by atoms with E-state index in [4.69, 9.17) is 9.47 Å². The van der Waals surface area contributed by atoms with Gasteiger partial charge in [0.15, 0.2) is 11.5 Å². The Morgan fingerprint density at radius 1 is 1.14 bits per heavy atom. The first-order valence-electron chi connectivity index (χ1n) is 9.52. The van der Waals surface area contributed by atoms with Gasteiger partial charge < -0.3 is 19.7 Å². The Balaban J connectivity index is 1.44. The molecule has 148 valence electrons. The molecule has 1 aromatic carbocycles. The first kappa shape index (κ1) is 19.7. The summed E-state index contributed by atoms with van der Waals surface area (Å²) in [6, 6.07) is 9.65. The van der Waals surface area contributed by atoms with Crippen LogP contribution in [0.25, 0.3) is 6.08 Å². The summed E-state index contributed by atoms with van der Waals surface area (Å²) in [4.78, 5) is 18.6. The predicted molar refractivity (Wildman–Crippen MR) is 111 cm³/mol. The molecule has 1 fully saturated rings. The monoisotopic (exact) mass is 381 g/mol. The van der Waals surface area contributed by atoms with Crippen LogP contribution >= 0.6 is 0 Å². The molecule has 6 nitrogen and oxygen atoms in total. The lowest BCUT2D eigenvalue weighted by Crippen LogP contribution is -2.38. The number of carbonyl (C=O) groups is 1. The summed E-state index contributed by atoms with van der Waals surface area (Å²) in [6.07, 6.45) is 9.14. The second kappa shape index (κ2) is 9.78. The summed E-state index contributed by atoms with van der Waals surface area (Å²) in [5.74, 6) is 1.75. The average Bonchev–Trinajstić information content (AvgIpc) is 2.77. The maximum atomic E-state index is 12.2. The van der Waals surface area contributed by atoms with Crippen LogP contribution < -0.4 is 19.7 Å². The van der Waals surface area contributed by atoms with Gasteiger partial charge in [-0.2, -0.15) is 0 Å². The minimum atomic E-state index is -0.0775. The number of piperidine rings is 1. The molecular weight excluding hydrogens is 354 g/mol. The van der Waals surface area contributed by atoms with Crippen molar-refractivity contribution in [2.75, 3.05) is 38.8 Å². The number of nitrogens with zero attached hydrogens (tertiary/aromatic N) is 2. The number of anilines is 1. The first-order chi connectivity index (χ1) is 13.7. The molecule has 0 saturated carbocycles. The number of ether oxygens (including phenoxy) is 2. The summed E-state index contributed by atoms with van der Waals surface area (Å²) in [5, 5.41) is 3.02. The van der Waals surface area contributed by atoms with E-state index in [1.807, 2.05) is 42.7 Å². The van der Waals surface area contributed by atoms with Gasteiger partial charge in [-0.15, -0.1) is 0 Å². The maximum Gasteiger partial charge on any atom is 0.244 e. The van der Waals surface area contributed by atoms with E-state index in [2.05, 4.69) is 15.2 Å². The molecule has 0 aliphatic carbocycles. The summed E-state index contributed by atoms with van der Waals surface area (Å²) in [5.41, 5.74) is 2.11. The van der Waals surface area contributed by atoms with Crippen LogP contribution in [0.4, 0.5) is 5.69 Å². The average molecular weight is 381 g/mol. The van der Waals surface area contributed by atoms with Crippen molar-refractivity contribution in [1.82, 2.24) is 10.3 Å². The number of benzene rings is 1. The molecule has 2 heterocycles. The molecule has 3 rings (SSSR count). The molecule has 0 unspecified atom stereocenters. The number of pyridine rings is 1. The van der Waals surface area contributed by atoms with Gasteiger partial charge in [-0.25, -0.2) is 0 Å². The Hall–Kier alpha value is -3.02. The smallest absolute Gasteiger partial charge is 0.244 e. The lowest BCUT2D eigenvalue weighted by atomic mass is 9.96. The molecular formula is C22H27N3O3. The van der Waals surface area contributed by atoms with Gasteiger partial charge in [0.1, 0.15) is 0 Å². The fourth-order valence-electron chi connectivity index (χ4n) is 3.38. The maximum absolute atomic E-state index is 12.2. The fourth-order valence-corrected chi connectivity index (χ4v) is 3.38. The van der Waals surface area contributed by atoms with Crippen LogP contribution in [0.5, 0.6) is 11.5 Å². The minimum Gasteiger partial charge on any atom is -0.493 e. The van der Waals surface area contributed by atoms with Crippen LogP contribution in [-0.2, 0) is 4.79 Å². The van der Waals surface area contributed by atoms with E-state index < -0.39 is 0 Å². The molecule has 0 atom stereocenters. The van der Waals surface area contributed by atoms with Crippen molar-refractivity contribution in [3.63, 3.8) is 0 Å². The Kier molecular flexibility index (Phi) is 6.89. The first-order valence-corrected chi connectivity index (χ1v) is 9.52. The third kappa shape index (κ3) is 5.25. The van der Waals surface area contributed by atoms with Crippen LogP contribution in [0, 0.1) is 5.92 Å². The van der Waals surface area contributed by atoms with Crippen LogP contribution in [-0.4, -0.2) is 44.7 Å². The standard InChI is InChI=1S/C22H27N3O3/c1-27-20-5-3-17(15-21(20)28-2)4-6-22(26)24-16-18-9-13-25(14-10-18)19-7-11-23-12-8-19/h3-8,11-12,15,18H,9-10,13-14,16H2,1-2H3,(H,24,26)/b6-4+. The third-order valence-corrected chi connectivity index (χ3v) is 5.04. The highest BCUT2D eigenvalue weighted by atomic mass is 16.5. The van der Waals surface area contributed by atoms with Crippen LogP contribution in [0.3, 0.4) is 0 Å². The van der Waals surface area contributed by atoms with Gasteiger partial charge in [0.2, 0.25) is 5.91 Å². The zero-order chi connectivity index (χ0) is 19.8. The largest absolute Gasteiger partial charge is 0.493 e. The summed E-state index contributed by atoms with van der Waals surface area (Å²) in [6.45, 7) is 2.72. The molecule has 28 heavy (non-hydrogen) atoms. The Morgan fingerprint density at radius 3 is 2.54 bits per heavy atom. The minimum absolute atomic E-state index is 0.0775. The van der Waals surface area contributed by atoms with Gasteiger partial charge in [-0.1, -0.05) is 6.07 Å². The van der Waals surface area contributed by atoms with Gasteiger partial charge in [0.25, 0.3) is 0 Å². The number of carbonyl (C=O) groups excluding carboxylic acids is 1. The summed E-state index contributed by atoms with van der Waals surface area (Å²) in [7, 11) is 3.19. The number of hydrogen-bond acceptors (Lipinski definition) is 5. The third-order valence-electron chi connectivity index (χ3n) is 5.04. The Bertz CT molecular complexity index is 800. The SMILES string of the molecule is COc1ccc(/C=C/C(=O)NCC2CCN(c3ccncc3)CC2)cc1OC. The van der Waals surface area contributed by atoms with Crippen LogP contribution in [0.1, 0.15) is 18.4 Å². The number of hydrogen-bond donors (Lipinski definition) is 1. The molecule has 0 bridgehead atoms. The second-order valence-corrected chi connectivity index (χ2v) is 6.83. The van der Waals surface area contributed by atoms with Gasteiger partial charge in [-0.3, -0.25) is 9.78 Å². The van der Waals surface area contributed by atoms with Gasteiger partial charge in [0.05, 0.1) is 14.2 Å². The van der Waals surface area contributed by atoms with Gasteiger partial charge in [-0.05, 0) is 54.7 Å². The molecule has 1 aromatic heterocycles. The number of amides is 1. The zero-order valence-corrected chi connectivity index (χ0v) is 16.4. The van der Waals surface area contributed by atoms with Crippen molar-refractivity contribution in [2.24, 2.45) is 5.92 Å². The second-order valence-electron chi connectivity index (χ2n) is 6.83. The molecule has 1 saturated heterocycles. The van der Waals surface area contributed by atoms with Gasteiger partial charge in [0, 0.05) is 43.8 Å². The van der Waals surface area contributed by atoms with E-state index in [-0.39, 0.29) is 5.91 Å². The topological polar surface area (TPSA) is 63.7 Å². The van der Waals surface area contributed by atoms with Crippen molar-refractivity contribution in [2.45, 2.75) is 12.8 Å². The van der Waals surface area contributed by atoms with E-state index in [1.54, 1.807) is 26.4 Å². The molecule has 2 aromatic rings. The molecule has 6 heteroatoms. The fraction of sp³-hybridized carbons (Fsp3) is 0.364. The van der Waals surface area contributed by atoms with E-state index in [0.29, 0.717) is 24.0 Å². The zero-order valence-electron chi connectivity index (χ0n) is 16.4. The lowest BCUT2D eigenvalue weighted by Gasteiger charge is -2.33. The predicted octanol–water partition coefficient (Wildman–Crippen LogP) is 3.14. The van der Waals surface area contributed by atoms with Gasteiger partial charge >= 0.3 is 0 Å². The van der Waals surface area contributed by atoms with E-state index in [9.17, 15) is 4.79 Å². The Morgan fingerprint density at radius 2 is 1.86 bits per heavy atom. The number of aromatic nitrogens is 1. The lowest BCUT2D eigenvalue weighted by molar-refractivity contribution is -0.116. The van der Waals surface area contributed by atoms with Crippen molar-refractivity contribution in [1.29, 1.82) is 0 Å². The highest BCUT2D eigenvalue weighted by Crippen LogP contribution is 2.28. The normalized spacial score (nSPS) is 14.9. The van der Waals surface area contributed by atoms with E-state index in [0.717, 1.165) is 31.5 Å². The number of methoxy groups -OCH3 is 2. The van der Waals surface area contributed by atoms with E-state index in [1.165, 1.54) is 5.69 Å². The molecule has 1 aliphatic heterocycles. The van der Waals surface area contributed by atoms with Crippen molar-refractivity contribution < 1.29 is 14.3 Å². The summed E-state index contributed by atoms with van der Waals surface area (Å²) >= 11 is 0. The molecule has 1 aliphatic rings. The van der Waals surface area contributed by atoms with Crippen LogP contribution in [0.2, 0.25) is 0 Å². The van der Waals surface area contributed by atoms with Crippen LogP contribution in [0.15, 0.2) is 48.8 Å². The summed E-state index contributed by atoms with van der Waals surface area (Å²) < 4.78 is 10.5. The highest BCUT2D eigenvalue weighted by molar-refractivity contribution is 5.91. The quantitative estimate of drug-likeness (QED) is 0.747. The Labute approximate surface area is 166 Å². The molecule has 0 spiro atoms. The number of rotatable bonds is 7. The molecule has 0 radical (unpaired) electrons. The van der Waals surface area contributed by atoms with Crippen molar-refractivity contribution in [3.8, 4) is 11.5 Å². The number of nitrogens with one attached hydrogen (secondary N) is 1. The van der Waals surface area contributed by atoms with Crippen molar-refractivity contribution >= 4 is 17.7 Å². The van der Waals surface area contributed by atoms with Crippen molar-refractivity contribution in [3.05, 3.63) is 54.4 Å². The highest BCUT2D eigenvalue weighted by Gasteiger charge is 2.19.